The molecule has 0 aliphatic rings. The minimum atomic E-state index is 0.113. The van der Waals surface area contributed by atoms with Crippen LogP contribution in [0.2, 0.25) is 0 Å². The summed E-state index contributed by atoms with van der Waals surface area (Å²) in [6.45, 7) is 0.615. The summed E-state index contributed by atoms with van der Waals surface area (Å²) in [5.41, 5.74) is 1.89. The lowest BCUT2D eigenvalue weighted by atomic mass is 10.2. The lowest BCUT2D eigenvalue weighted by Gasteiger charge is -2.11. The molecule has 0 saturated carbocycles. The van der Waals surface area contributed by atoms with E-state index in [1.807, 2.05) is 24.3 Å². The summed E-state index contributed by atoms with van der Waals surface area (Å²) in [6.07, 6.45) is 0. The van der Waals surface area contributed by atoms with E-state index in [1.165, 1.54) is 7.11 Å². The summed E-state index contributed by atoms with van der Waals surface area (Å²) in [6, 6.07) is 11.0. The molecule has 5 heteroatoms. The maximum absolute atomic E-state index is 9.73. The summed E-state index contributed by atoms with van der Waals surface area (Å²) in [7, 11) is 3.16. The molecule has 0 aliphatic carbocycles. The van der Waals surface area contributed by atoms with E-state index in [0.717, 1.165) is 21.5 Å². The highest BCUT2D eigenvalue weighted by Crippen LogP contribution is 2.29. The van der Waals surface area contributed by atoms with Crippen LogP contribution >= 0.6 is 15.9 Å². The lowest BCUT2D eigenvalue weighted by Crippen LogP contribution is -2.00. The first-order valence-electron chi connectivity index (χ1n) is 6.07. The van der Waals surface area contributed by atoms with Gasteiger partial charge in [-0.15, -0.1) is 0 Å². The molecule has 0 amide bonds. The fraction of sp³-hybridized carbons (Fsp3) is 0.200. The van der Waals surface area contributed by atoms with Crippen LogP contribution in [0.1, 0.15) is 5.56 Å². The molecule has 0 radical (unpaired) electrons. The van der Waals surface area contributed by atoms with Gasteiger partial charge in [-0.2, -0.15) is 0 Å². The number of phenolic OH excluding ortho intramolecular Hbond substituents is 1. The largest absolute Gasteiger partial charge is 0.504 e. The number of hydrogen-bond acceptors (Lipinski definition) is 4. The number of halogens is 1. The average Bonchev–Trinajstić information content (AvgIpc) is 2.46. The monoisotopic (exact) mass is 337 g/mol. The Morgan fingerprint density at radius 1 is 1.10 bits per heavy atom. The third-order valence-corrected chi connectivity index (χ3v) is 3.69. The first-order chi connectivity index (χ1) is 9.63. The minimum absolute atomic E-state index is 0.113. The molecule has 4 nitrogen and oxygen atoms in total. The van der Waals surface area contributed by atoms with E-state index in [9.17, 15) is 5.11 Å². The molecule has 2 rings (SSSR count). The quantitative estimate of drug-likeness (QED) is 0.871. The third kappa shape index (κ3) is 3.36. The summed E-state index contributed by atoms with van der Waals surface area (Å²) < 4.78 is 11.2. The van der Waals surface area contributed by atoms with Crippen LogP contribution in [0, 0.1) is 0 Å². The number of hydrogen-bond donors (Lipinski definition) is 2. The molecule has 0 atom stereocenters. The van der Waals surface area contributed by atoms with E-state index in [-0.39, 0.29) is 5.75 Å². The number of rotatable bonds is 5. The summed E-state index contributed by atoms with van der Waals surface area (Å²) in [4.78, 5) is 0. The Morgan fingerprint density at radius 3 is 2.55 bits per heavy atom. The Morgan fingerprint density at radius 2 is 1.90 bits per heavy atom. The van der Waals surface area contributed by atoms with Crippen molar-refractivity contribution in [2.24, 2.45) is 0 Å². The summed E-state index contributed by atoms with van der Waals surface area (Å²) in [5, 5.41) is 13.0. The Hall–Kier alpha value is -1.88. The lowest BCUT2D eigenvalue weighted by molar-refractivity contribution is 0.373. The van der Waals surface area contributed by atoms with Crippen LogP contribution in [0.25, 0.3) is 0 Å². The number of nitrogens with one attached hydrogen (secondary N) is 1. The molecule has 20 heavy (non-hydrogen) atoms. The number of ether oxygens (including phenoxy) is 2. The van der Waals surface area contributed by atoms with Gasteiger partial charge >= 0.3 is 0 Å². The van der Waals surface area contributed by atoms with Crippen LogP contribution in [0.5, 0.6) is 17.2 Å². The molecular weight excluding hydrogens is 322 g/mol. The third-order valence-electron chi connectivity index (χ3n) is 2.91. The van der Waals surface area contributed by atoms with E-state index in [2.05, 4.69) is 21.2 Å². The maximum atomic E-state index is 9.73. The molecule has 2 aromatic rings. The van der Waals surface area contributed by atoms with E-state index in [4.69, 9.17) is 9.47 Å². The molecule has 0 heterocycles. The molecule has 0 saturated heterocycles. The van der Waals surface area contributed by atoms with Crippen LogP contribution in [-0.4, -0.2) is 19.3 Å². The van der Waals surface area contributed by atoms with Gasteiger partial charge in [0, 0.05) is 22.8 Å². The van der Waals surface area contributed by atoms with Gasteiger partial charge in [0.25, 0.3) is 0 Å². The Bertz CT molecular complexity index is 602. The predicted molar refractivity (Wildman–Crippen MR) is 82.7 cm³/mol. The normalized spacial score (nSPS) is 10.2. The van der Waals surface area contributed by atoms with Crippen molar-refractivity contribution in [1.82, 2.24) is 0 Å². The first kappa shape index (κ1) is 14.5. The molecular formula is C15H16BrNO3. The number of anilines is 1. The maximum Gasteiger partial charge on any atom is 0.160 e. The standard InChI is InChI=1S/C15H16BrNO3/c1-19-12-4-5-13(16)10(7-12)9-17-11-3-6-15(20-2)14(18)8-11/h3-8,17-18H,9H2,1-2H3. The van der Waals surface area contributed by atoms with Crippen molar-refractivity contribution in [2.45, 2.75) is 6.54 Å². The fourth-order valence-corrected chi connectivity index (χ4v) is 2.20. The highest BCUT2D eigenvalue weighted by molar-refractivity contribution is 9.10. The summed E-state index contributed by atoms with van der Waals surface area (Å²) in [5.74, 6) is 1.38. The van der Waals surface area contributed by atoms with Crippen LogP contribution in [0.15, 0.2) is 40.9 Å². The van der Waals surface area contributed by atoms with E-state index in [0.29, 0.717) is 12.3 Å². The number of benzene rings is 2. The number of methoxy groups -OCH3 is 2. The second-order valence-electron chi connectivity index (χ2n) is 4.20. The molecule has 0 aliphatic heterocycles. The second-order valence-corrected chi connectivity index (χ2v) is 5.05. The van der Waals surface area contributed by atoms with Crippen molar-refractivity contribution >= 4 is 21.6 Å². The van der Waals surface area contributed by atoms with Crippen molar-refractivity contribution in [3.8, 4) is 17.2 Å². The van der Waals surface area contributed by atoms with Crippen LogP contribution in [-0.2, 0) is 6.54 Å². The zero-order valence-electron chi connectivity index (χ0n) is 11.3. The van der Waals surface area contributed by atoms with Gasteiger partial charge in [-0.05, 0) is 35.9 Å². The van der Waals surface area contributed by atoms with Crippen molar-refractivity contribution in [2.75, 3.05) is 19.5 Å². The van der Waals surface area contributed by atoms with Crippen molar-refractivity contribution in [3.63, 3.8) is 0 Å². The van der Waals surface area contributed by atoms with Crippen molar-refractivity contribution < 1.29 is 14.6 Å². The smallest absolute Gasteiger partial charge is 0.160 e. The highest BCUT2D eigenvalue weighted by atomic mass is 79.9. The molecule has 0 spiro atoms. The fourth-order valence-electron chi connectivity index (χ4n) is 1.81. The zero-order chi connectivity index (χ0) is 14.5. The first-order valence-corrected chi connectivity index (χ1v) is 6.86. The SMILES string of the molecule is COc1ccc(Br)c(CNc2ccc(OC)c(O)c2)c1. The molecule has 0 aromatic heterocycles. The topological polar surface area (TPSA) is 50.7 Å². The second kappa shape index (κ2) is 6.52. The van der Waals surface area contributed by atoms with Gasteiger partial charge in [-0.25, -0.2) is 0 Å². The Labute approximate surface area is 126 Å². The average molecular weight is 338 g/mol. The van der Waals surface area contributed by atoms with E-state index in [1.54, 1.807) is 19.2 Å². The van der Waals surface area contributed by atoms with Gasteiger partial charge < -0.3 is 19.9 Å². The van der Waals surface area contributed by atoms with Gasteiger partial charge in [-0.1, -0.05) is 15.9 Å². The van der Waals surface area contributed by atoms with Gasteiger partial charge in [0.1, 0.15) is 5.75 Å². The zero-order valence-corrected chi connectivity index (χ0v) is 12.9. The molecule has 0 unspecified atom stereocenters. The molecule has 2 N–H and O–H groups in total. The molecule has 2 aromatic carbocycles. The van der Waals surface area contributed by atoms with E-state index >= 15 is 0 Å². The predicted octanol–water partition coefficient (Wildman–Crippen LogP) is 3.78. The Balaban J connectivity index is 2.10. The van der Waals surface area contributed by atoms with Gasteiger partial charge in [0.2, 0.25) is 0 Å². The Kier molecular flexibility index (Phi) is 4.74. The molecule has 0 bridgehead atoms. The minimum Gasteiger partial charge on any atom is -0.504 e. The van der Waals surface area contributed by atoms with Gasteiger partial charge in [0.15, 0.2) is 11.5 Å². The van der Waals surface area contributed by atoms with Gasteiger partial charge in [-0.3, -0.25) is 0 Å². The summed E-state index contributed by atoms with van der Waals surface area (Å²) >= 11 is 3.51. The van der Waals surface area contributed by atoms with Crippen LogP contribution in [0.3, 0.4) is 0 Å². The molecule has 106 valence electrons. The van der Waals surface area contributed by atoms with Crippen LogP contribution in [0.4, 0.5) is 5.69 Å². The highest BCUT2D eigenvalue weighted by Gasteiger charge is 2.05. The number of phenols is 1. The van der Waals surface area contributed by atoms with E-state index < -0.39 is 0 Å². The molecule has 0 fully saturated rings. The van der Waals surface area contributed by atoms with Crippen molar-refractivity contribution in [1.29, 1.82) is 0 Å². The number of aromatic hydroxyl groups is 1. The van der Waals surface area contributed by atoms with Crippen molar-refractivity contribution in [3.05, 3.63) is 46.4 Å². The van der Waals surface area contributed by atoms with Gasteiger partial charge in [0.05, 0.1) is 14.2 Å². The van der Waals surface area contributed by atoms with Crippen LogP contribution < -0.4 is 14.8 Å².